The van der Waals surface area contributed by atoms with Gasteiger partial charge in [0.25, 0.3) is 5.91 Å². The van der Waals surface area contributed by atoms with Gasteiger partial charge in [-0.3, -0.25) is 14.2 Å². The lowest BCUT2D eigenvalue weighted by Gasteiger charge is -2.31. The first-order chi connectivity index (χ1) is 15.0. The minimum atomic E-state index is -0.462. The number of aromatic nitrogens is 3. The van der Waals surface area contributed by atoms with Crippen LogP contribution in [0, 0.1) is 5.92 Å². The van der Waals surface area contributed by atoms with Crippen molar-refractivity contribution in [1.82, 2.24) is 14.8 Å². The molecule has 0 unspecified atom stereocenters. The van der Waals surface area contributed by atoms with Crippen molar-refractivity contribution in [2.24, 2.45) is 11.7 Å². The number of thiophene rings is 1. The van der Waals surface area contributed by atoms with Gasteiger partial charge in [0.2, 0.25) is 11.9 Å². The highest BCUT2D eigenvalue weighted by Crippen LogP contribution is 2.42. The van der Waals surface area contributed by atoms with Gasteiger partial charge < -0.3 is 16.0 Å². The number of hydrogen-bond acceptors (Lipinski definition) is 7. The third-order valence-corrected chi connectivity index (χ3v) is 8.53. The summed E-state index contributed by atoms with van der Waals surface area (Å²) in [5.41, 5.74) is 7.12. The molecule has 31 heavy (non-hydrogen) atoms. The average molecular weight is 461 g/mol. The summed E-state index contributed by atoms with van der Waals surface area (Å²) in [5.74, 6) is 1.32. The topological polar surface area (TPSA) is 106 Å². The molecule has 3 N–H and O–H groups in total. The molecule has 0 aromatic carbocycles. The Morgan fingerprint density at radius 3 is 2.68 bits per heavy atom. The molecule has 2 fully saturated rings. The molecule has 1 saturated heterocycles. The maximum Gasteiger partial charge on any atom is 0.251 e. The predicted octanol–water partition coefficient (Wildman–Crippen LogP) is 3.23. The number of piperidine rings is 1. The van der Waals surface area contributed by atoms with Gasteiger partial charge in [-0.15, -0.1) is 21.5 Å². The number of fused-ring (bicyclic) bond motifs is 1. The van der Waals surface area contributed by atoms with Gasteiger partial charge in [-0.1, -0.05) is 18.7 Å². The van der Waals surface area contributed by atoms with E-state index < -0.39 is 5.91 Å². The maximum absolute atomic E-state index is 12.7. The quantitative estimate of drug-likeness (QED) is 0.615. The average Bonchev–Trinajstić information content (AvgIpc) is 3.16. The van der Waals surface area contributed by atoms with E-state index in [0.717, 1.165) is 67.8 Å². The lowest BCUT2D eigenvalue weighted by Crippen LogP contribution is -2.34. The number of nitrogens with zero attached hydrogens (tertiary/aromatic N) is 4. The van der Waals surface area contributed by atoms with Gasteiger partial charge in [-0.25, -0.2) is 0 Å². The molecule has 2 aromatic heterocycles. The first-order valence-electron chi connectivity index (χ1n) is 11.1. The van der Waals surface area contributed by atoms with Crippen LogP contribution in [0.3, 0.4) is 0 Å². The van der Waals surface area contributed by atoms with Crippen molar-refractivity contribution in [1.29, 1.82) is 0 Å². The highest BCUT2D eigenvalue weighted by molar-refractivity contribution is 7.99. The highest BCUT2D eigenvalue weighted by atomic mass is 32.2. The second kappa shape index (κ2) is 8.46. The number of carbonyl (C=O) groups is 2. The van der Waals surface area contributed by atoms with Crippen LogP contribution < -0.4 is 16.0 Å². The minimum Gasteiger partial charge on any atom is -0.365 e. The Bertz CT molecular complexity index is 1000. The van der Waals surface area contributed by atoms with E-state index in [1.807, 2.05) is 0 Å². The smallest absolute Gasteiger partial charge is 0.251 e. The van der Waals surface area contributed by atoms with Crippen LogP contribution in [0.25, 0.3) is 0 Å². The summed E-state index contributed by atoms with van der Waals surface area (Å²) in [6.07, 6.45) is 7.48. The molecule has 1 saturated carbocycles. The third-order valence-electron chi connectivity index (χ3n) is 6.38. The molecule has 2 aromatic rings. The minimum absolute atomic E-state index is 0.147. The number of carbonyl (C=O) groups excluding carboxylic acids is 2. The molecule has 0 bridgehead atoms. The fraction of sp³-hybridized carbons (Fsp3) is 0.619. The molecule has 2 amide bonds. The highest BCUT2D eigenvalue weighted by Gasteiger charge is 2.33. The van der Waals surface area contributed by atoms with Crippen LogP contribution in [0.2, 0.25) is 0 Å². The van der Waals surface area contributed by atoms with Gasteiger partial charge in [0.1, 0.15) is 5.00 Å². The standard InChI is InChI=1S/C21H28N6O2S2/c1-12-7-9-26(10-8-12)20-24-25-21(27(20)13-5-6-13)30-11-16(28)23-19-17(18(22)29)14-3-2-4-15(14)31-19/h12-13H,2-11H2,1H3,(H2,22,29)(H,23,28). The number of nitrogens with two attached hydrogens (primary N) is 1. The van der Waals surface area contributed by atoms with E-state index in [-0.39, 0.29) is 11.7 Å². The van der Waals surface area contributed by atoms with Crippen LogP contribution in [0.4, 0.5) is 10.9 Å². The predicted molar refractivity (Wildman–Crippen MR) is 123 cm³/mol. The van der Waals surface area contributed by atoms with Gasteiger partial charge in [0, 0.05) is 24.0 Å². The summed E-state index contributed by atoms with van der Waals surface area (Å²) in [6.45, 7) is 4.32. The second-order valence-corrected chi connectivity index (χ2v) is 10.9. The zero-order valence-corrected chi connectivity index (χ0v) is 19.4. The first kappa shape index (κ1) is 20.8. The molecule has 2 aliphatic carbocycles. The van der Waals surface area contributed by atoms with Crippen molar-refractivity contribution in [2.45, 2.75) is 63.1 Å². The van der Waals surface area contributed by atoms with E-state index in [9.17, 15) is 9.59 Å². The molecule has 0 atom stereocenters. The summed E-state index contributed by atoms with van der Waals surface area (Å²) in [5, 5.41) is 13.2. The zero-order valence-electron chi connectivity index (χ0n) is 17.7. The van der Waals surface area contributed by atoms with Crippen molar-refractivity contribution in [3.8, 4) is 0 Å². The zero-order chi connectivity index (χ0) is 21.5. The van der Waals surface area contributed by atoms with Crippen molar-refractivity contribution < 1.29 is 9.59 Å². The number of anilines is 2. The van der Waals surface area contributed by atoms with Crippen molar-refractivity contribution in [2.75, 3.05) is 29.1 Å². The number of thioether (sulfide) groups is 1. The molecular formula is C21H28N6O2S2. The van der Waals surface area contributed by atoms with E-state index in [4.69, 9.17) is 5.73 Å². The number of rotatable bonds is 7. The molecule has 3 heterocycles. The van der Waals surface area contributed by atoms with Crippen LogP contribution in [0.1, 0.15) is 65.9 Å². The Labute approximate surface area is 190 Å². The number of nitrogens with one attached hydrogen (secondary N) is 1. The summed E-state index contributed by atoms with van der Waals surface area (Å²) in [7, 11) is 0. The lowest BCUT2D eigenvalue weighted by atomic mass is 10.00. The van der Waals surface area contributed by atoms with Gasteiger partial charge in [0.05, 0.1) is 11.3 Å². The number of hydrogen-bond donors (Lipinski definition) is 2. The van der Waals surface area contributed by atoms with E-state index in [0.29, 0.717) is 16.6 Å². The Balaban J connectivity index is 1.27. The molecule has 10 heteroatoms. The first-order valence-corrected chi connectivity index (χ1v) is 12.9. The second-order valence-electron chi connectivity index (χ2n) is 8.82. The summed E-state index contributed by atoms with van der Waals surface area (Å²) >= 11 is 2.90. The summed E-state index contributed by atoms with van der Waals surface area (Å²) < 4.78 is 2.22. The Morgan fingerprint density at radius 2 is 1.97 bits per heavy atom. The number of primary amides is 1. The van der Waals surface area contributed by atoms with Crippen LogP contribution in [0.15, 0.2) is 5.16 Å². The van der Waals surface area contributed by atoms with Crippen LogP contribution >= 0.6 is 23.1 Å². The molecule has 0 radical (unpaired) electrons. The fourth-order valence-electron chi connectivity index (χ4n) is 4.49. The Kier molecular flexibility index (Phi) is 5.68. The van der Waals surface area contributed by atoms with Crippen LogP contribution in [-0.4, -0.2) is 45.4 Å². The van der Waals surface area contributed by atoms with Crippen molar-refractivity contribution >= 4 is 45.9 Å². The molecule has 3 aliphatic rings. The van der Waals surface area contributed by atoms with Gasteiger partial charge in [0.15, 0.2) is 5.16 Å². The normalized spacial score (nSPS) is 18.9. The van der Waals surface area contributed by atoms with Gasteiger partial charge in [-0.05, 0) is 56.4 Å². The van der Waals surface area contributed by atoms with Crippen molar-refractivity contribution in [3.63, 3.8) is 0 Å². The molecule has 166 valence electrons. The van der Waals surface area contributed by atoms with Crippen LogP contribution in [-0.2, 0) is 17.6 Å². The molecule has 8 nitrogen and oxygen atoms in total. The fourth-order valence-corrected chi connectivity index (χ4v) is 6.60. The number of aryl methyl sites for hydroxylation is 1. The Morgan fingerprint density at radius 1 is 1.19 bits per heavy atom. The molecule has 1 aliphatic heterocycles. The van der Waals surface area contributed by atoms with E-state index >= 15 is 0 Å². The maximum atomic E-state index is 12.7. The lowest BCUT2D eigenvalue weighted by molar-refractivity contribution is -0.113. The SMILES string of the molecule is CC1CCN(c2nnc(SCC(=O)Nc3sc4c(c3C(N)=O)CCC4)n2C2CC2)CC1. The van der Waals surface area contributed by atoms with Crippen LogP contribution in [0.5, 0.6) is 0 Å². The largest absolute Gasteiger partial charge is 0.365 e. The Hall–Kier alpha value is -2.07. The summed E-state index contributed by atoms with van der Waals surface area (Å²) in [6, 6.07) is 0.441. The van der Waals surface area contributed by atoms with Gasteiger partial charge >= 0.3 is 0 Å². The third kappa shape index (κ3) is 4.19. The van der Waals surface area contributed by atoms with E-state index in [1.165, 1.54) is 40.8 Å². The summed E-state index contributed by atoms with van der Waals surface area (Å²) in [4.78, 5) is 28.1. The molecular weight excluding hydrogens is 432 g/mol. The molecule has 5 rings (SSSR count). The van der Waals surface area contributed by atoms with E-state index in [2.05, 4.69) is 31.9 Å². The monoisotopic (exact) mass is 460 g/mol. The number of amides is 2. The van der Waals surface area contributed by atoms with Gasteiger partial charge in [-0.2, -0.15) is 0 Å². The van der Waals surface area contributed by atoms with Crippen molar-refractivity contribution in [3.05, 3.63) is 16.0 Å². The van der Waals surface area contributed by atoms with E-state index in [1.54, 1.807) is 0 Å². The molecule has 0 spiro atoms.